The van der Waals surface area contributed by atoms with Gasteiger partial charge in [-0.1, -0.05) is 41.6 Å². The van der Waals surface area contributed by atoms with E-state index in [-0.39, 0.29) is 24.4 Å². The summed E-state index contributed by atoms with van der Waals surface area (Å²) in [4.78, 5) is 49.2. The molecule has 5 N–H and O–H groups in total. The number of carboxylic acid groups (broad SMARTS) is 1. The average Bonchev–Trinajstić information content (AvgIpc) is 3.41. The van der Waals surface area contributed by atoms with Crippen LogP contribution in [0.2, 0.25) is 0 Å². The molecule has 0 bridgehead atoms. The molecule has 0 aliphatic carbocycles. The van der Waals surface area contributed by atoms with Crippen LogP contribution in [0.4, 0.5) is 21.9 Å². The Hall–Kier alpha value is -5.65. The van der Waals surface area contributed by atoms with Crippen molar-refractivity contribution in [3.63, 3.8) is 0 Å². The number of carboxylic acids is 1. The Labute approximate surface area is 247 Å². The number of aryl methyl sites for hydroxylation is 2. The predicted octanol–water partition coefficient (Wildman–Crippen LogP) is 5.07. The fourth-order valence-corrected chi connectivity index (χ4v) is 4.26. The molecule has 12 nitrogen and oxygen atoms in total. The van der Waals surface area contributed by atoms with Crippen molar-refractivity contribution in [1.82, 2.24) is 10.5 Å². The topological polar surface area (TPSA) is 172 Å². The largest absolute Gasteiger partial charge is 0.495 e. The van der Waals surface area contributed by atoms with Crippen molar-refractivity contribution in [3.8, 4) is 5.75 Å². The summed E-state index contributed by atoms with van der Waals surface area (Å²) in [6, 6.07) is 19.1. The summed E-state index contributed by atoms with van der Waals surface area (Å²) >= 11 is 0. The molecular formula is C31H31N5O7. The Bertz CT molecular complexity index is 1630. The quantitative estimate of drug-likeness (QED) is 0.162. The van der Waals surface area contributed by atoms with Crippen LogP contribution >= 0.6 is 0 Å². The molecule has 0 saturated carbocycles. The molecule has 222 valence electrons. The summed E-state index contributed by atoms with van der Waals surface area (Å²) in [7, 11) is 1.47. The van der Waals surface area contributed by atoms with Crippen molar-refractivity contribution in [3.05, 3.63) is 101 Å². The number of nitrogens with one attached hydrogen (secondary N) is 4. The Balaban J connectivity index is 1.36. The van der Waals surface area contributed by atoms with Gasteiger partial charge in [0.2, 0.25) is 5.91 Å². The maximum atomic E-state index is 12.8. The Morgan fingerprint density at radius 3 is 2.28 bits per heavy atom. The monoisotopic (exact) mass is 585 g/mol. The van der Waals surface area contributed by atoms with Crippen LogP contribution in [-0.2, 0) is 16.0 Å². The fraction of sp³-hybridized carbons (Fsp3) is 0.194. The molecule has 12 heteroatoms. The van der Waals surface area contributed by atoms with Gasteiger partial charge in [0.05, 0.1) is 31.7 Å². The first-order valence-corrected chi connectivity index (χ1v) is 13.3. The van der Waals surface area contributed by atoms with Crippen LogP contribution in [0.5, 0.6) is 5.75 Å². The van der Waals surface area contributed by atoms with Gasteiger partial charge in [-0.2, -0.15) is 0 Å². The molecule has 43 heavy (non-hydrogen) atoms. The number of carbonyl (C=O) groups excluding carboxylic acids is 3. The van der Waals surface area contributed by atoms with E-state index in [4.69, 9.17) is 9.26 Å². The first-order valence-electron chi connectivity index (χ1n) is 13.3. The number of benzene rings is 3. The van der Waals surface area contributed by atoms with E-state index in [2.05, 4.69) is 26.4 Å². The molecule has 1 unspecified atom stereocenters. The minimum Gasteiger partial charge on any atom is -0.495 e. The molecule has 0 radical (unpaired) electrons. The Morgan fingerprint density at radius 1 is 0.907 bits per heavy atom. The molecule has 0 aliphatic rings. The molecule has 3 aromatic carbocycles. The number of rotatable bonds is 11. The van der Waals surface area contributed by atoms with Gasteiger partial charge in [-0.3, -0.25) is 14.4 Å². The Kier molecular flexibility index (Phi) is 9.74. The second-order valence-corrected chi connectivity index (χ2v) is 9.72. The van der Waals surface area contributed by atoms with E-state index in [0.717, 1.165) is 5.56 Å². The lowest BCUT2D eigenvalue weighted by Gasteiger charge is -2.17. The summed E-state index contributed by atoms with van der Waals surface area (Å²) in [6.45, 7) is 3.53. The lowest BCUT2D eigenvalue weighted by Crippen LogP contribution is -2.30. The van der Waals surface area contributed by atoms with Crippen molar-refractivity contribution in [1.29, 1.82) is 0 Å². The number of aromatic nitrogens is 1. The molecule has 4 rings (SSSR count). The molecule has 1 aromatic heterocycles. The van der Waals surface area contributed by atoms with Crippen molar-refractivity contribution in [2.75, 3.05) is 23.1 Å². The molecule has 0 aliphatic heterocycles. The fourth-order valence-electron chi connectivity index (χ4n) is 4.26. The lowest BCUT2D eigenvalue weighted by atomic mass is 10.0. The molecule has 1 atom stereocenters. The van der Waals surface area contributed by atoms with Crippen LogP contribution in [0.1, 0.15) is 45.4 Å². The van der Waals surface area contributed by atoms with E-state index >= 15 is 0 Å². The van der Waals surface area contributed by atoms with E-state index in [1.54, 1.807) is 55.5 Å². The number of urea groups is 1. The van der Waals surface area contributed by atoms with E-state index in [9.17, 15) is 24.3 Å². The van der Waals surface area contributed by atoms with Gasteiger partial charge < -0.3 is 35.6 Å². The van der Waals surface area contributed by atoms with Gasteiger partial charge in [-0.25, -0.2) is 4.79 Å². The van der Waals surface area contributed by atoms with Crippen molar-refractivity contribution in [2.45, 2.75) is 32.7 Å². The van der Waals surface area contributed by atoms with Gasteiger partial charge in [0, 0.05) is 17.4 Å². The van der Waals surface area contributed by atoms with Gasteiger partial charge in [0.25, 0.3) is 5.91 Å². The minimum absolute atomic E-state index is 0.0304. The van der Waals surface area contributed by atoms with Crippen LogP contribution in [-0.4, -0.2) is 41.2 Å². The average molecular weight is 586 g/mol. The highest BCUT2D eigenvalue weighted by molar-refractivity contribution is 6.01. The number of hydrogen-bond acceptors (Lipinski definition) is 7. The number of para-hydroxylation sites is 1. The normalized spacial score (nSPS) is 11.2. The Morgan fingerprint density at radius 2 is 1.63 bits per heavy atom. The molecule has 4 amide bonds. The lowest BCUT2D eigenvalue weighted by molar-refractivity contribution is -0.137. The van der Waals surface area contributed by atoms with E-state index in [1.807, 2.05) is 25.1 Å². The zero-order valence-electron chi connectivity index (χ0n) is 23.8. The third kappa shape index (κ3) is 8.43. The number of nitrogens with zero attached hydrogens (tertiary/aromatic N) is 1. The first-order chi connectivity index (χ1) is 20.6. The molecule has 0 fully saturated rings. The number of aliphatic carboxylic acids is 1. The highest BCUT2D eigenvalue weighted by Gasteiger charge is 2.21. The van der Waals surface area contributed by atoms with Crippen molar-refractivity contribution < 1.29 is 33.5 Å². The van der Waals surface area contributed by atoms with Crippen LogP contribution < -0.4 is 26.0 Å². The number of amides is 4. The maximum Gasteiger partial charge on any atom is 0.323 e. The van der Waals surface area contributed by atoms with Crippen LogP contribution in [0, 0.1) is 13.8 Å². The zero-order valence-corrected chi connectivity index (χ0v) is 23.8. The summed E-state index contributed by atoms with van der Waals surface area (Å²) in [6.07, 6.45) is -0.322. The van der Waals surface area contributed by atoms with Crippen LogP contribution in [0.3, 0.4) is 0 Å². The molecule has 1 heterocycles. The summed E-state index contributed by atoms with van der Waals surface area (Å²) < 4.78 is 10.3. The standard InChI is InChI=1S/C31H31N5O7/c1-18-6-4-5-7-23(18)34-31(41)35-24-13-8-20(15-27(24)42-3)16-28(37)32-22-11-9-21(10-12-22)25(17-29(38)39)33-30(40)26-14-19(2)43-36-26/h4-15,25H,16-17H2,1-3H3,(H,32,37)(H,33,40)(H,38,39)(H2,34,35,41). The highest BCUT2D eigenvalue weighted by atomic mass is 16.5. The smallest absolute Gasteiger partial charge is 0.323 e. The van der Waals surface area contributed by atoms with E-state index < -0.39 is 23.9 Å². The SMILES string of the molecule is COc1cc(CC(=O)Nc2ccc(C(CC(=O)O)NC(=O)c3cc(C)on3)cc2)ccc1NC(=O)Nc1ccccc1C. The number of ether oxygens (including phenoxy) is 1. The third-order valence-corrected chi connectivity index (χ3v) is 6.41. The van der Waals surface area contributed by atoms with Gasteiger partial charge in [0.1, 0.15) is 11.5 Å². The summed E-state index contributed by atoms with van der Waals surface area (Å²) in [5.41, 5.74) is 3.77. The van der Waals surface area contributed by atoms with Crippen LogP contribution in [0.25, 0.3) is 0 Å². The number of anilines is 3. The van der Waals surface area contributed by atoms with E-state index in [0.29, 0.717) is 39.7 Å². The third-order valence-electron chi connectivity index (χ3n) is 6.41. The second kappa shape index (κ2) is 13.8. The summed E-state index contributed by atoms with van der Waals surface area (Å²) in [5.74, 6) is -1.12. The van der Waals surface area contributed by atoms with E-state index in [1.165, 1.54) is 13.2 Å². The number of hydrogen-bond donors (Lipinski definition) is 5. The van der Waals surface area contributed by atoms with Gasteiger partial charge >= 0.3 is 12.0 Å². The number of methoxy groups -OCH3 is 1. The zero-order chi connectivity index (χ0) is 30.9. The van der Waals surface area contributed by atoms with Gasteiger partial charge in [-0.05, 0) is 60.9 Å². The predicted molar refractivity (Wildman–Crippen MR) is 159 cm³/mol. The van der Waals surface area contributed by atoms with Crippen molar-refractivity contribution in [2.24, 2.45) is 0 Å². The molecule has 0 spiro atoms. The minimum atomic E-state index is -1.09. The summed E-state index contributed by atoms with van der Waals surface area (Å²) in [5, 5.41) is 24.0. The first kappa shape index (κ1) is 30.3. The molecule has 4 aromatic rings. The van der Waals surface area contributed by atoms with Gasteiger partial charge in [-0.15, -0.1) is 0 Å². The van der Waals surface area contributed by atoms with Gasteiger partial charge in [0.15, 0.2) is 5.69 Å². The molecule has 0 saturated heterocycles. The van der Waals surface area contributed by atoms with Crippen molar-refractivity contribution >= 4 is 40.9 Å². The van der Waals surface area contributed by atoms with Crippen LogP contribution in [0.15, 0.2) is 77.3 Å². The maximum absolute atomic E-state index is 12.8. The second-order valence-electron chi connectivity index (χ2n) is 9.72. The number of carbonyl (C=O) groups is 4. The highest BCUT2D eigenvalue weighted by Crippen LogP contribution is 2.27. The molecular weight excluding hydrogens is 554 g/mol.